The van der Waals surface area contributed by atoms with Gasteiger partial charge >= 0.3 is 6.09 Å². The Balaban J connectivity index is 1.87. The molecule has 0 radical (unpaired) electrons. The molecule has 0 aliphatic carbocycles. The van der Waals surface area contributed by atoms with Crippen LogP contribution in [0.3, 0.4) is 0 Å². The summed E-state index contributed by atoms with van der Waals surface area (Å²) in [5, 5.41) is 5.75. The number of nitrogens with one attached hydrogen (secondary N) is 1. The van der Waals surface area contributed by atoms with Crippen LogP contribution in [0.1, 0.15) is 59.1 Å². The highest BCUT2D eigenvalue weighted by Crippen LogP contribution is 2.27. The van der Waals surface area contributed by atoms with Crippen molar-refractivity contribution in [2.45, 2.75) is 71.2 Å². The molecule has 1 aliphatic rings. The van der Waals surface area contributed by atoms with Gasteiger partial charge in [-0.05, 0) is 64.5 Å². The maximum Gasteiger partial charge on any atom is 0.410 e. The number of hydrogen-bond acceptors (Lipinski definition) is 4. The molecule has 2 rings (SSSR count). The lowest BCUT2D eigenvalue weighted by molar-refractivity contribution is 0.00905. The Morgan fingerprint density at radius 2 is 2.22 bits per heavy atom. The van der Waals surface area contributed by atoms with Gasteiger partial charge in [0, 0.05) is 24.7 Å². The molecule has 1 amide bonds. The molecule has 3 atom stereocenters. The number of amides is 1. The molecule has 23 heavy (non-hydrogen) atoms. The van der Waals surface area contributed by atoms with E-state index in [0.717, 1.165) is 23.7 Å². The summed E-state index contributed by atoms with van der Waals surface area (Å²) >= 11 is 7.57. The number of piperidine rings is 1. The van der Waals surface area contributed by atoms with Crippen molar-refractivity contribution < 1.29 is 9.53 Å². The minimum Gasteiger partial charge on any atom is -0.444 e. The lowest BCUT2D eigenvalue weighted by Gasteiger charge is -2.39. The zero-order valence-corrected chi connectivity index (χ0v) is 16.1. The zero-order valence-electron chi connectivity index (χ0n) is 14.6. The summed E-state index contributed by atoms with van der Waals surface area (Å²) < 4.78 is 6.31. The van der Waals surface area contributed by atoms with Gasteiger partial charge < -0.3 is 15.0 Å². The van der Waals surface area contributed by atoms with Crippen molar-refractivity contribution >= 4 is 29.0 Å². The van der Waals surface area contributed by atoms with Gasteiger partial charge in [-0.15, -0.1) is 11.3 Å². The van der Waals surface area contributed by atoms with E-state index in [-0.39, 0.29) is 18.2 Å². The molecule has 1 N–H and O–H groups in total. The fourth-order valence-electron chi connectivity index (χ4n) is 2.92. The predicted molar refractivity (Wildman–Crippen MR) is 96.3 cm³/mol. The summed E-state index contributed by atoms with van der Waals surface area (Å²) in [5.41, 5.74) is 0.778. The van der Waals surface area contributed by atoms with E-state index in [4.69, 9.17) is 16.3 Å². The molecular formula is C17H27ClN2O2S. The molecule has 1 aromatic heterocycles. The maximum atomic E-state index is 12.2. The summed E-state index contributed by atoms with van der Waals surface area (Å²) in [7, 11) is 0. The van der Waals surface area contributed by atoms with Crippen molar-refractivity contribution in [3.63, 3.8) is 0 Å². The number of hydrogen-bond donors (Lipinski definition) is 1. The van der Waals surface area contributed by atoms with Crippen molar-refractivity contribution in [2.24, 2.45) is 0 Å². The van der Waals surface area contributed by atoms with Crippen LogP contribution in [-0.2, 0) is 4.74 Å². The maximum absolute atomic E-state index is 12.2. The number of likely N-dealkylation sites (tertiary alicyclic amines) is 1. The van der Waals surface area contributed by atoms with Crippen LogP contribution in [0.25, 0.3) is 0 Å². The molecule has 1 saturated heterocycles. The smallest absolute Gasteiger partial charge is 0.410 e. The number of thiophene rings is 1. The first-order valence-corrected chi connectivity index (χ1v) is 9.41. The largest absolute Gasteiger partial charge is 0.444 e. The van der Waals surface area contributed by atoms with Crippen LogP contribution in [0.15, 0.2) is 11.4 Å². The van der Waals surface area contributed by atoms with Gasteiger partial charge in [0.05, 0.1) is 4.34 Å². The van der Waals surface area contributed by atoms with Crippen LogP contribution in [0.5, 0.6) is 0 Å². The topological polar surface area (TPSA) is 41.6 Å². The molecule has 130 valence electrons. The summed E-state index contributed by atoms with van der Waals surface area (Å²) in [5.74, 6) is 0. The summed E-state index contributed by atoms with van der Waals surface area (Å²) in [6, 6.07) is 2.86. The molecular weight excluding hydrogens is 332 g/mol. The molecule has 4 nitrogen and oxygen atoms in total. The van der Waals surface area contributed by atoms with Crippen LogP contribution in [0.4, 0.5) is 4.79 Å². The van der Waals surface area contributed by atoms with Gasteiger partial charge in [0.25, 0.3) is 0 Å². The van der Waals surface area contributed by atoms with Gasteiger partial charge in [0.2, 0.25) is 0 Å². The molecule has 1 aliphatic heterocycles. The summed E-state index contributed by atoms with van der Waals surface area (Å²) in [6.45, 7) is 10.7. The standard InChI is InChI=1S/C17H27ClN2O2S/c1-11-8-14(19-12(2)13-9-15(18)23-10-13)6-7-20(11)16(21)22-17(3,4)5/h9-12,14,19H,6-8H2,1-5H3. The number of nitrogens with zero attached hydrogens (tertiary/aromatic N) is 1. The highest BCUT2D eigenvalue weighted by atomic mass is 35.5. The Bertz CT molecular complexity index is 541. The molecule has 0 aromatic carbocycles. The Morgan fingerprint density at radius 3 is 2.74 bits per heavy atom. The third kappa shape index (κ3) is 5.37. The van der Waals surface area contributed by atoms with E-state index in [1.807, 2.05) is 31.7 Å². The Morgan fingerprint density at radius 1 is 1.52 bits per heavy atom. The van der Waals surface area contributed by atoms with Crippen LogP contribution in [0.2, 0.25) is 4.34 Å². The van der Waals surface area contributed by atoms with E-state index in [1.165, 1.54) is 5.56 Å². The second kappa shape index (κ2) is 7.41. The fraction of sp³-hybridized carbons (Fsp3) is 0.706. The lowest BCUT2D eigenvalue weighted by Crippen LogP contribution is -2.51. The Labute approximate surface area is 148 Å². The highest BCUT2D eigenvalue weighted by Gasteiger charge is 2.32. The highest BCUT2D eigenvalue weighted by molar-refractivity contribution is 7.14. The van der Waals surface area contributed by atoms with Crippen LogP contribution in [0, 0.1) is 0 Å². The van der Waals surface area contributed by atoms with E-state index in [1.54, 1.807) is 11.3 Å². The fourth-order valence-corrected chi connectivity index (χ4v) is 3.90. The number of carbonyl (C=O) groups is 1. The first-order valence-electron chi connectivity index (χ1n) is 8.15. The second-order valence-corrected chi connectivity index (χ2v) is 8.86. The first kappa shape index (κ1) is 18.6. The van der Waals surface area contributed by atoms with E-state index in [2.05, 4.69) is 24.5 Å². The van der Waals surface area contributed by atoms with Gasteiger partial charge in [-0.1, -0.05) is 11.6 Å². The molecule has 1 fully saturated rings. The van der Waals surface area contributed by atoms with E-state index < -0.39 is 5.60 Å². The van der Waals surface area contributed by atoms with Crippen LogP contribution in [-0.4, -0.2) is 35.2 Å². The molecule has 0 spiro atoms. The number of rotatable bonds is 3. The second-order valence-electron chi connectivity index (χ2n) is 7.32. The van der Waals surface area contributed by atoms with Crippen molar-refractivity contribution in [1.82, 2.24) is 10.2 Å². The lowest BCUT2D eigenvalue weighted by atomic mass is 9.97. The van der Waals surface area contributed by atoms with E-state index in [0.29, 0.717) is 6.04 Å². The van der Waals surface area contributed by atoms with Crippen molar-refractivity contribution in [3.05, 3.63) is 21.3 Å². The third-order valence-corrected chi connectivity index (χ3v) is 5.19. The predicted octanol–water partition coefficient (Wildman–Crippen LogP) is 4.84. The number of halogens is 1. The van der Waals surface area contributed by atoms with E-state index >= 15 is 0 Å². The first-order chi connectivity index (χ1) is 10.7. The quantitative estimate of drug-likeness (QED) is 0.840. The van der Waals surface area contributed by atoms with Gasteiger partial charge in [0.15, 0.2) is 0 Å². The molecule has 6 heteroatoms. The van der Waals surface area contributed by atoms with Crippen molar-refractivity contribution in [2.75, 3.05) is 6.54 Å². The summed E-state index contributed by atoms with van der Waals surface area (Å²) in [4.78, 5) is 14.1. The summed E-state index contributed by atoms with van der Waals surface area (Å²) in [6.07, 6.45) is 1.66. The van der Waals surface area contributed by atoms with Gasteiger partial charge in [-0.2, -0.15) is 0 Å². The van der Waals surface area contributed by atoms with Crippen LogP contribution >= 0.6 is 22.9 Å². The van der Waals surface area contributed by atoms with Gasteiger partial charge in [0.1, 0.15) is 5.60 Å². The molecule has 3 unspecified atom stereocenters. The molecule has 0 bridgehead atoms. The Hall–Kier alpha value is -0.780. The van der Waals surface area contributed by atoms with Gasteiger partial charge in [-0.3, -0.25) is 0 Å². The minimum atomic E-state index is -0.446. The minimum absolute atomic E-state index is 0.175. The number of ether oxygens (including phenoxy) is 1. The zero-order chi connectivity index (χ0) is 17.2. The average molecular weight is 359 g/mol. The van der Waals surface area contributed by atoms with E-state index in [9.17, 15) is 4.79 Å². The monoisotopic (exact) mass is 358 g/mol. The van der Waals surface area contributed by atoms with Crippen LogP contribution < -0.4 is 5.32 Å². The van der Waals surface area contributed by atoms with Crippen molar-refractivity contribution in [3.8, 4) is 0 Å². The molecule has 1 aromatic rings. The van der Waals surface area contributed by atoms with Gasteiger partial charge in [-0.25, -0.2) is 4.79 Å². The van der Waals surface area contributed by atoms with Crippen molar-refractivity contribution in [1.29, 1.82) is 0 Å². The molecule has 2 heterocycles. The molecule has 0 saturated carbocycles. The SMILES string of the molecule is CC(NC1CCN(C(=O)OC(C)(C)C)C(C)C1)c1csc(Cl)c1. The normalized spacial score (nSPS) is 23.7. The Kier molecular flexibility index (Phi) is 5.98. The third-order valence-electron chi connectivity index (χ3n) is 4.08. The average Bonchev–Trinajstić information content (AvgIpc) is 2.83. The number of carbonyl (C=O) groups excluding carboxylic acids is 1.